The third kappa shape index (κ3) is 12.4. The summed E-state index contributed by atoms with van der Waals surface area (Å²) in [6, 6.07) is 7.84. The zero-order valence-electron chi connectivity index (χ0n) is 20.9. The number of ether oxygens (including phenoxy) is 1. The van der Waals surface area contributed by atoms with Crippen LogP contribution in [0, 0.1) is 0 Å². The Labute approximate surface area is 216 Å². The fraction of sp³-hybridized carbons (Fsp3) is 0.667. The minimum Gasteiger partial charge on any atom is -0.444 e. The van der Waals surface area contributed by atoms with Gasteiger partial charge >= 0.3 is 6.09 Å². The van der Waals surface area contributed by atoms with Gasteiger partial charge in [0, 0.05) is 51.5 Å². The second kappa shape index (κ2) is 15.3. The van der Waals surface area contributed by atoms with E-state index < -0.39 is 11.7 Å². The molecule has 0 spiro atoms. The Bertz CT molecular complexity index is 713. The number of piperazine rings is 1. The van der Waals surface area contributed by atoms with E-state index in [1.807, 2.05) is 45.0 Å². The van der Waals surface area contributed by atoms with Crippen LogP contribution in [0.3, 0.4) is 0 Å². The lowest BCUT2D eigenvalue weighted by atomic mass is 10.1. The summed E-state index contributed by atoms with van der Waals surface area (Å²) in [5.41, 5.74) is 1.41. The summed E-state index contributed by atoms with van der Waals surface area (Å²) in [5, 5.41) is 9.50. The fourth-order valence-corrected chi connectivity index (χ4v) is 3.48. The smallest absolute Gasteiger partial charge is 0.412 e. The number of carbonyl (C=O) groups excluding carboxylic acids is 1. The number of nitrogens with one attached hydrogen (secondary N) is 3. The van der Waals surface area contributed by atoms with E-state index in [1.54, 1.807) is 0 Å². The van der Waals surface area contributed by atoms with Crippen LogP contribution in [-0.4, -0.2) is 86.4 Å². The molecule has 1 amide bonds. The number of likely N-dealkylation sites (N-methyl/N-ethyl adjacent to an activating group) is 1. The van der Waals surface area contributed by atoms with Gasteiger partial charge in [0.15, 0.2) is 5.96 Å². The van der Waals surface area contributed by atoms with Gasteiger partial charge in [-0.25, -0.2) is 4.79 Å². The average molecular weight is 575 g/mol. The zero-order valence-corrected chi connectivity index (χ0v) is 23.3. The van der Waals surface area contributed by atoms with Crippen LogP contribution < -0.4 is 16.0 Å². The summed E-state index contributed by atoms with van der Waals surface area (Å²) >= 11 is 0. The van der Waals surface area contributed by atoms with E-state index in [1.165, 1.54) is 5.56 Å². The molecule has 1 aromatic carbocycles. The van der Waals surface area contributed by atoms with Crippen molar-refractivity contribution in [2.45, 2.75) is 46.6 Å². The molecule has 1 fully saturated rings. The molecular weight excluding hydrogens is 531 g/mol. The topological polar surface area (TPSA) is 81.2 Å². The first-order valence-electron chi connectivity index (χ1n) is 11.8. The first kappa shape index (κ1) is 29.4. The molecule has 0 aliphatic carbocycles. The van der Waals surface area contributed by atoms with Gasteiger partial charge in [-0.15, -0.1) is 24.0 Å². The van der Waals surface area contributed by atoms with Crippen molar-refractivity contribution >= 4 is 41.7 Å². The molecule has 0 unspecified atom stereocenters. The van der Waals surface area contributed by atoms with Gasteiger partial charge in [-0.3, -0.25) is 15.2 Å². The maximum absolute atomic E-state index is 11.9. The SMILES string of the molecule is CCNC(=NCCN1CCN(CC)CC1)NCCc1ccc(NC(=O)OC(C)(C)C)cc1.I. The minimum absolute atomic E-state index is 0. The molecule has 0 aromatic heterocycles. The van der Waals surface area contributed by atoms with E-state index >= 15 is 0 Å². The summed E-state index contributed by atoms with van der Waals surface area (Å²) in [6.45, 7) is 19.0. The number of aliphatic imine (C=N–C) groups is 1. The van der Waals surface area contributed by atoms with Crippen LogP contribution >= 0.6 is 24.0 Å². The zero-order chi connectivity index (χ0) is 23.4. The lowest BCUT2D eigenvalue weighted by Crippen LogP contribution is -2.47. The normalized spacial score (nSPS) is 15.5. The number of amides is 1. The number of halogens is 1. The molecular formula is C24H43IN6O2. The van der Waals surface area contributed by atoms with Gasteiger partial charge in [-0.2, -0.15) is 0 Å². The highest BCUT2D eigenvalue weighted by Gasteiger charge is 2.16. The molecule has 33 heavy (non-hydrogen) atoms. The Morgan fingerprint density at radius 3 is 2.24 bits per heavy atom. The van der Waals surface area contributed by atoms with Crippen molar-refractivity contribution in [1.29, 1.82) is 0 Å². The summed E-state index contributed by atoms with van der Waals surface area (Å²) in [6.07, 6.45) is 0.432. The number of hydrogen-bond donors (Lipinski definition) is 3. The molecule has 9 heteroatoms. The van der Waals surface area contributed by atoms with Gasteiger partial charge in [0.25, 0.3) is 0 Å². The number of anilines is 1. The van der Waals surface area contributed by atoms with Crippen LogP contribution in [0.4, 0.5) is 10.5 Å². The Morgan fingerprint density at radius 2 is 1.67 bits per heavy atom. The highest BCUT2D eigenvalue weighted by atomic mass is 127. The highest BCUT2D eigenvalue weighted by molar-refractivity contribution is 14.0. The maximum atomic E-state index is 11.9. The van der Waals surface area contributed by atoms with E-state index in [0.29, 0.717) is 0 Å². The van der Waals surface area contributed by atoms with Crippen LogP contribution in [0.15, 0.2) is 29.3 Å². The summed E-state index contributed by atoms with van der Waals surface area (Å²) in [5.74, 6) is 0.864. The first-order valence-corrected chi connectivity index (χ1v) is 11.8. The van der Waals surface area contributed by atoms with Crippen LogP contribution in [-0.2, 0) is 11.2 Å². The quantitative estimate of drug-likeness (QED) is 0.239. The van der Waals surface area contributed by atoms with Crippen LogP contribution in [0.2, 0.25) is 0 Å². The molecule has 2 rings (SSSR count). The molecule has 3 N–H and O–H groups in total. The van der Waals surface area contributed by atoms with Crippen molar-refractivity contribution in [1.82, 2.24) is 20.4 Å². The van der Waals surface area contributed by atoms with Gasteiger partial charge in [0.2, 0.25) is 0 Å². The average Bonchev–Trinajstić information content (AvgIpc) is 2.74. The minimum atomic E-state index is -0.508. The molecule has 0 atom stereocenters. The molecule has 1 aromatic rings. The molecule has 0 bridgehead atoms. The van der Waals surface area contributed by atoms with Crippen molar-refractivity contribution in [3.8, 4) is 0 Å². The van der Waals surface area contributed by atoms with E-state index in [2.05, 4.69) is 39.6 Å². The van der Waals surface area contributed by atoms with Gasteiger partial charge in [0.1, 0.15) is 5.60 Å². The Hall–Kier alpha value is -1.59. The molecule has 0 saturated carbocycles. The van der Waals surface area contributed by atoms with Crippen molar-refractivity contribution in [2.75, 3.05) is 64.2 Å². The number of nitrogens with zero attached hydrogens (tertiary/aromatic N) is 3. The van der Waals surface area contributed by atoms with Gasteiger partial charge < -0.3 is 20.3 Å². The monoisotopic (exact) mass is 574 g/mol. The molecule has 188 valence electrons. The Morgan fingerprint density at radius 1 is 1.03 bits per heavy atom. The van der Waals surface area contributed by atoms with Crippen molar-refractivity contribution < 1.29 is 9.53 Å². The number of hydrogen-bond acceptors (Lipinski definition) is 5. The molecule has 1 heterocycles. The lowest BCUT2D eigenvalue weighted by molar-refractivity contribution is 0.0636. The first-order chi connectivity index (χ1) is 15.3. The lowest BCUT2D eigenvalue weighted by Gasteiger charge is -2.33. The van der Waals surface area contributed by atoms with Crippen molar-refractivity contribution in [3.05, 3.63) is 29.8 Å². The second-order valence-corrected chi connectivity index (χ2v) is 9.04. The van der Waals surface area contributed by atoms with Gasteiger partial charge in [0.05, 0.1) is 6.54 Å². The molecule has 0 radical (unpaired) electrons. The third-order valence-corrected chi connectivity index (χ3v) is 5.25. The predicted octanol–water partition coefficient (Wildman–Crippen LogP) is 3.39. The molecule has 1 saturated heterocycles. The molecule has 1 aliphatic rings. The maximum Gasteiger partial charge on any atom is 0.412 e. The number of benzene rings is 1. The van der Waals surface area contributed by atoms with E-state index in [9.17, 15) is 4.79 Å². The number of rotatable bonds is 9. The fourth-order valence-electron chi connectivity index (χ4n) is 3.48. The Kier molecular flexibility index (Phi) is 13.7. The van der Waals surface area contributed by atoms with Crippen LogP contribution in [0.1, 0.15) is 40.2 Å². The number of carbonyl (C=O) groups is 1. The summed E-state index contributed by atoms with van der Waals surface area (Å²) < 4.78 is 5.28. The van der Waals surface area contributed by atoms with E-state index in [-0.39, 0.29) is 24.0 Å². The summed E-state index contributed by atoms with van der Waals surface area (Å²) in [7, 11) is 0. The molecule has 8 nitrogen and oxygen atoms in total. The largest absolute Gasteiger partial charge is 0.444 e. The summed E-state index contributed by atoms with van der Waals surface area (Å²) in [4.78, 5) is 21.6. The van der Waals surface area contributed by atoms with Crippen molar-refractivity contribution in [2.24, 2.45) is 4.99 Å². The highest BCUT2D eigenvalue weighted by Crippen LogP contribution is 2.13. The predicted molar refractivity (Wildman–Crippen MR) is 148 cm³/mol. The van der Waals surface area contributed by atoms with Gasteiger partial charge in [-0.1, -0.05) is 19.1 Å². The standard InChI is InChI=1S/C24H42N6O2.HI/c1-6-25-22(27-14-15-30-18-16-29(7-2)17-19-30)26-13-12-20-8-10-21(11-9-20)28-23(31)32-24(3,4)5;/h8-11H,6-7,12-19H2,1-5H3,(H,28,31)(H2,25,26,27);1H. The second-order valence-electron chi connectivity index (χ2n) is 9.04. The molecule has 1 aliphatic heterocycles. The van der Waals surface area contributed by atoms with Crippen LogP contribution in [0.25, 0.3) is 0 Å². The Balaban J connectivity index is 0.00000544. The third-order valence-electron chi connectivity index (χ3n) is 5.25. The number of guanidine groups is 1. The van der Waals surface area contributed by atoms with E-state index in [0.717, 1.165) is 77.0 Å². The van der Waals surface area contributed by atoms with Crippen LogP contribution in [0.5, 0.6) is 0 Å². The van der Waals surface area contributed by atoms with E-state index in [4.69, 9.17) is 9.73 Å². The van der Waals surface area contributed by atoms with Gasteiger partial charge in [-0.05, 0) is 58.4 Å². The van der Waals surface area contributed by atoms with Crippen molar-refractivity contribution in [3.63, 3.8) is 0 Å².